The summed E-state index contributed by atoms with van der Waals surface area (Å²) in [6, 6.07) is 7.11. The molecule has 3 heterocycles. The zero-order valence-corrected chi connectivity index (χ0v) is 15.4. The van der Waals surface area contributed by atoms with Gasteiger partial charge in [0.05, 0.1) is 6.33 Å². The number of imidazole rings is 1. The highest BCUT2D eigenvalue weighted by molar-refractivity contribution is 5.82. The van der Waals surface area contributed by atoms with E-state index in [4.69, 9.17) is 9.47 Å². The minimum atomic E-state index is -0.846. The summed E-state index contributed by atoms with van der Waals surface area (Å²) in [5.74, 6) is 0.304. The molecule has 4 rings (SSSR count). The maximum atomic E-state index is 14.1. The average Bonchev–Trinajstić information content (AvgIpc) is 3.11. The van der Waals surface area contributed by atoms with Gasteiger partial charge in [0, 0.05) is 25.6 Å². The largest absolute Gasteiger partial charge is 0.426 e. The number of para-hydroxylation sites is 1. The molecule has 1 N–H and O–H groups in total. The third kappa shape index (κ3) is 3.79. The first kappa shape index (κ1) is 18.3. The van der Waals surface area contributed by atoms with Gasteiger partial charge in [-0.05, 0) is 25.3 Å². The Morgan fingerprint density at radius 3 is 3.00 bits per heavy atom. The first-order valence-corrected chi connectivity index (χ1v) is 9.13. The van der Waals surface area contributed by atoms with Crippen molar-refractivity contribution in [1.29, 1.82) is 0 Å². The first-order chi connectivity index (χ1) is 13.6. The Labute approximate surface area is 160 Å². The van der Waals surface area contributed by atoms with Crippen LogP contribution in [-0.4, -0.2) is 32.1 Å². The van der Waals surface area contributed by atoms with Crippen molar-refractivity contribution in [2.45, 2.75) is 39.0 Å². The third-order valence-electron chi connectivity index (χ3n) is 4.53. The fourth-order valence-electron chi connectivity index (χ4n) is 3.25. The van der Waals surface area contributed by atoms with Crippen molar-refractivity contribution >= 4 is 23.0 Å². The highest BCUT2D eigenvalue weighted by Crippen LogP contribution is 2.28. The van der Waals surface area contributed by atoms with E-state index in [0.717, 1.165) is 24.8 Å². The molecule has 1 aliphatic heterocycles. The van der Waals surface area contributed by atoms with Gasteiger partial charge in [0.1, 0.15) is 12.0 Å². The molecule has 1 saturated heterocycles. The van der Waals surface area contributed by atoms with Gasteiger partial charge in [0.25, 0.3) is 0 Å². The van der Waals surface area contributed by atoms with Gasteiger partial charge in [0.15, 0.2) is 17.0 Å². The van der Waals surface area contributed by atoms with Gasteiger partial charge in [-0.25, -0.2) is 4.98 Å². The van der Waals surface area contributed by atoms with E-state index >= 15 is 0 Å². The van der Waals surface area contributed by atoms with Crippen molar-refractivity contribution in [3.05, 3.63) is 42.2 Å². The van der Waals surface area contributed by atoms with Crippen LogP contribution >= 0.6 is 0 Å². The second-order valence-corrected chi connectivity index (χ2v) is 6.54. The Hall–Kier alpha value is -3.07. The number of halogens is 1. The summed E-state index contributed by atoms with van der Waals surface area (Å²) < 4.78 is 26.8. The fourth-order valence-corrected chi connectivity index (χ4v) is 3.25. The molecule has 1 unspecified atom stereocenters. The Morgan fingerprint density at radius 1 is 1.36 bits per heavy atom. The molecule has 8 nitrogen and oxygen atoms in total. The number of hydrogen-bond acceptors (Lipinski definition) is 7. The predicted octanol–water partition coefficient (Wildman–Crippen LogP) is 3.20. The highest BCUT2D eigenvalue weighted by Gasteiger charge is 2.21. The number of fused-ring (bicyclic) bond motifs is 1. The van der Waals surface area contributed by atoms with Crippen molar-refractivity contribution in [2.75, 3.05) is 11.9 Å². The number of hydrogen-bond donors (Lipinski definition) is 1. The Kier molecular flexibility index (Phi) is 5.16. The monoisotopic (exact) mass is 385 g/mol. The minimum Gasteiger partial charge on any atom is -0.426 e. The van der Waals surface area contributed by atoms with Crippen LogP contribution in [0.3, 0.4) is 0 Å². The van der Waals surface area contributed by atoms with E-state index in [-0.39, 0.29) is 18.6 Å². The lowest BCUT2D eigenvalue weighted by atomic mass is 10.2. The second kappa shape index (κ2) is 7.89. The van der Waals surface area contributed by atoms with Crippen LogP contribution < -0.4 is 10.1 Å². The topological polar surface area (TPSA) is 91.2 Å². The van der Waals surface area contributed by atoms with Crippen LogP contribution in [0.5, 0.6) is 5.75 Å². The SMILES string of the molecule is CC(=O)Oc1ccccc1CNc1nc(F)nc2c1ncn2C1CCCCO1. The molecule has 2 aromatic heterocycles. The Morgan fingerprint density at radius 2 is 2.21 bits per heavy atom. The summed E-state index contributed by atoms with van der Waals surface area (Å²) in [4.78, 5) is 23.4. The molecular weight excluding hydrogens is 365 g/mol. The molecule has 9 heteroatoms. The zero-order valence-electron chi connectivity index (χ0n) is 15.4. The standard InChI is InChI=1S/C19H20FN5O3/c1-12(26)28-14-7-3-2-6-13(14)10-21-17-16-18(24-19(20)23-17)25(11-22-16)15-8-4-5-9-27-15/h2-3,6-7,11,15H,4-5,8-10H2,1H3,(H,21,23,24). The first-order valence-electron chi connectivity index (χ1n) is 9.13. The van der Waals surface area contributed by atoms with Gasteiger partial charge in [-0.1, -0.05) is 18.2 Å². The maximum absolute atomic E-state index is 14.1. The molecule has 0 radical (unpaired) electrons. The number of nitrogens with zero attached hydrogens (tertiary/aromatic N) is 4. The minimum absolute atomic E-state index is 0.203. The molecule has 0 aliphatic carbocycles. The van der Waals surface area contributed by atoms with Crippen molar-refractivity contribution in [3.63, 3.8) is 0 Å². The molecule has 146 valence electrons. The summed E-state index contributed by atoms with van der Waals surface area (Å²) in [7, 11) is 0. The summed E-state index contributed by atoms with van der Waals surface area (Å²) >= 11 is 0. The van der Waals surface area contributed by atoms with E-state index in [0.29, 0.717) is 23.5 Å². The summed E-state index contributed by atoms with van der Waals surface area (Å²) in [5, 5.41) is 3.08. The van der Waals surface area contributed by atoms with Crippen LogP contribution in [0.4, 0.5) is 10.2 Å². The van der Waals surface area contributed by atoms with E-state index in [9.17, 15) is 9.18 Å². The number of ether oxygens (including phenoxy) is 2. The lowest BCUT2D eigenvalue weighted by Crippen LogP contribution is -2.18. The molecule has 0 bridgehead atoms. The van der Waals surface area contributed by atoms with Gasteiger partial charge in [-0.2, -0.15) is 14.4 Å². The van der Waals surface area contributed by atoms with Crippen LogP contribution in [0.25, 0.3) is 11.2 Å². The Balaban J connectivity index is 1.61. The summed E-state index contributed by atoms with van der Waals surface area (Å²) in [5.41, 5.74) is 1.58. The molecule has 0 saturated carbocycles. The van der Waals surface area contributed by atoms with Crippen LogP contribution in [0.2, 0.25) is 0 Å². The van der Waals surface area contributed by atoms with E-state index in [1.165, 1.54) is 6.92 Å². The molecular formula is C19H20FN5O3. The number of anilines is 1. The number of esters is 1. The van der Waals surface area contributed by atoms with Gasteiger partial charge in [0.2, 0.25) is 0 Å². The van der Waals surface area contributed by atoms with Gasteiger partial charge in [-0.15, -0.1) is 0 Å². The van der Waals surface area contributed by atoms with Crippen LogP contribution in [0.15, 0.2) is 30.6 Å². The normalized spacial score (nSPS) is 16.9. The van der Waals surface area contributed by atoms with Crippen molar-refractivity contribution in [3.8, 4) is 5.75 Å². The molecule has 1 fully saturated rings. The van der Waals surface area contributed by atoms with Crippen LogP contribution in [0.1, 0.15) is 38.0 Å². The van der Waals surface area contributed by atoms with Crippen molar-refractivity contribution < 1.29 is 18.7 Å². The lowest BCUT2D eigenvalue weighted by Gasteiger charge is -2.23. The molecule has 28 heavy (non-hydrogen) atoms. The summed E-state index contributed by atoms with van der Waals surface area (Å²) in [6.45, 7) is 2.28. The number of nitrogens with one attached hydrogen (secondary N) is 1. The molecule has 3 aromatic rings. The van der Waals surface area contributed by atoms with E-state index in [1.807, 2.05) is 12.1 Å². The van der Waals surface area contributed by atoms with Gasteiger partial charge < -0.3 is 14.8 Å². The predicted molar refractivity (Wildman–Crippen MR) is 99.2 cm³/mol. The van der Waals surface area contributed by atoms with Crippen LogP contribution in [0, 0.1) is 6.08 Å². The van der Waals surface area contributed by atoms with Gasteiger partial charge in [-0.3, -0.25) is 9.36 Å². The number of rotatable bonds is 5. The molecule has 0 spiro atoms. The maximum Gasteiger partial charge on any atom is 0.312 e. The van der Waals surface area contributed by atoms with Crippen LogP contribution in [-0.2, 0) is 16.1 Å². The van der Waals surface area contributed by atoms with Crippen molar-refractivity contribution in [1.82, 2.24) is 19.5 Å². The van der Waals surface area contributed by atoms with Crippen molar-refractivity contribution in [2.24, 2.45) is 0 Å². The summed E-state index contributed by atoms with van der Waals surface area (Å²) in [6.07, 6.45) is 3.44. The second-order valence-electron chi connectivity index (χ2n) is 6.54. The Bertz CT molecular complexity index is 1000. The number of carbonyl (C=O) groups is 1. The number of carbonyl (C=O) groups excluding carboxylic acids is 1. The molecule has 1 aliphatic rings. The molecule has 1 atom stereocenters. The number of benzene rings is 1. The van der Waals surface area contributed by atoms with E-state index in [2.05, 4.69) is 20.3 Å². The van der Waals surface area contributed by atoms with Gasteiger partial charge >= 0.3 is 12.0 Å². The molecule has 0 amide bonds. The van der Waals surface area contributed by atoms with E-state index < -0.39 is 12.0 Å². The quantitative estimate of drug-likeness (QED) is 0.410. The third-order valence-corrected chi connectivity index (χ3v) is 4.53. The lowest BCUT2D eigenvalue weighted by molar-refractivity contribution is -0.131. The molecule has 1 aromatic carbocycles. The highest BCUT2D eigenvalue weighted by atomic mass is 19.1. The zero-order chi connectivity index (χ0) is 19.5. The smallest absolute Gasteiger partial charge is 0.312 e. The number of aromatic nitrogens is 4. The fraction of sp³-hybridized carbons (Fsp3) is 0.368. The average molecular weight is 385 g/mol. The van der Waals surface area contributed by atoms with E-state index in [1.54, 1.807) is 23.0 Å².